The van der Waals surface area contributed by atoms with E-state index in [-0.39, 0.29) is 6.42 Å². The van der Waals surface area contributed by atoms with Gasteiger partial charge in [-0.2, -0.15) is 0 Å². The Hall–Kier alpha value is -2.94. The average Bonchev–Trinajstić information content (AvgIpc) is 2.71. The van der Waals surface area contributed by atoms with E-state index >= 15 is 0 Å². The van der Waals surface area contributed by atoms with Gasteiger partial charge in [-0.05, 0) is 42.8 Å². The Morgan fingerprint density at radius 2 is 1.59 bits per heavy atom. The number of carbonyl (C=O) groups excluding carboxylic acids is 1. The van der Waals surface area contributed by atoms with E-state index in [9.17, 15) is 13.2 Å². The van der Waals surface area contributed by atoms with Gasteiger partial charge < -0.3 is 19.5 Å². The Morgan fingerprint density at radius 3 is 2.07 bits per heavy atom. The summed E-state index contributed by atoms with van der Waals surface area (Å²) in [7, 11) is 0.790. The SMILES string of the molecule is CC[C@@H](C(=O)Nc1ccc(OC)cc1OC)N(c1ccc(OC)cc1)S(C)(=O)=O. The fourth-order valence-corrected chi connectivity index (χ4v) is 4.12. The number of rotatable bonds is 9. The number of hydrogen-bond donors (Lipinski definition) is 1. The molecular formula is C20H26N2O6S. The lowest BCUT2D eigenvalue weighted by molar-refractivity contribution is -0.117. The molecule has 0 aromatic heterocycles. The van der Waals surface area contributed by atoms with Crippen LogP contribution < -0.4 is 23.8 Å². The molecule has 9 heteroatoms. The third-order valence-corrected chi connectivity index (χ3v) is 5.50. The molecule has 0 aliphatic rings. The molecule has 0 aliphatic carbocycles. The number of benzene rings is 2. The summed E-state index contributed by atoms with van der Waals surface area (Å²) in [6, 6.07) is 10.5. The van der Waals surface area contributed by atoms with Gasteiger partial charge in [0.2, 0.25) is 15.9 Å². The first-order chi connectivity index (χ1) is 13.7. The van der Waals surface area contributed by atoms with Crippen molar-refractivity contribution in [1.82, 2.24) is 0 Å². The van der Waals surface area contributed by atoms with Crippen LogP contribution >= 0.6 is 0 Å². The van der Waals surface area contributed by atoms with Crippen LogP contribution in [0, 0.1) is 0 Å². The minimum absolute atomic E-state index is 0.267. The van der Waals surface area contributed by atoms with Crippen molar-refractivity contribution in [3.8, 4) is 17.2 Å². The number of hydrogen-bond acceptors (Lipinski definition) is 6. The van der Waals surface area contributed by atoms with E-state index in [1.165, 1.54) is 21.3 Å². The summed E-state index contributed by atoms with van der Waals surface area (Å²) in [6.45, 7) is 1.75. The monoisotopic (exact) mass is 422 g/mol. The largest absolute Gasteiger partial charge is 0.497 e. The smallest absolute Gasteiger partial charge is 0.248 e. The van der Waals surface area contributed by atoms with Gasteiger partial charge in [0.1, 0.15) is 23.3 Å². The zero-order valence-corrected chi connectivity index (χ0v) is 17.9. The van der Waals surface area contributed by atoms with Crippen molar-refractivity contribution in [2.24, 2.45) is 0 Å². The highest BCUT2D eigenvalue weighted by molar-refractivity contribution is 7.92. The lowest BCUT2D eigenvalue weighted by atomic mass is 10.1. The molecule has 0 bridgehead atoms. The summed E-state index contributed by atoms with van der Waals surface area (Å²) in [5.74, 6) is 1.09. The Kier molecular flexibility index (Phi) is 7.33. The van der Waals surface area contributed by atoms with Crippen molar-refractivity contribution in [1.29, 1.82) is 0 Å². The first-order valence-electron chi connectivity index (χ1n) is 8.91. The molecule has 158 valence electrons. The maximum atomic E-state index is 13.0. The molecule has 0 saturated carbocycles. The van der Waals surface area contributed by atoms with E-state index in [1.807, 2.05) is 0 Å². The minimum Gasteiger partial charge on any atom is -0.497 e. The van der Waals surface area contributed by atoms with E-state index in [2.05, 4.69) is 5.32 Å². The van der Waals surface area contributed by atoms with Gasteiger partial charge in [0.05, 0.1) is 39.0 Å². The number of nitrogens with zero attached hydrogens (tertiary/aromatic N) is 1. The Morgan fingerprint density at radius 1 is 1.00 bits per heavy atom. The van der Waals surface area contributed by atoms with Crippen LogP contribution in [0.4, 0.5) is 11.4 Å². The summed E-state index contributed by atoms with van der Waals surface area (Å²) >= 11 is 0. The molecule has 29 heavy (non-hydrogen) atoms. The van der Waals surface area contributed by atoms with Crippen LogP contribution in [0.5, 0.6) is 17.2 Å². The molecular weight excluding hydrogens is 396 g/mol. The second-order valence-corrected chi connectivity index (χ2v) is 8.10. The maximum Gasteiger partial charge on any atom is 0.248 e. The molecule has 8 nitrogen and oxygen atoms in total. The van der Waals surface area contributed by atoms with Gasteiger partial charge in [-0.1, -0.05) is 6.92 Å². The molecule has 0 spiro atoms. The summed E-state index contributed by atoms with van der Waals surface area (Å²) < 4.78 is 41.7. The van der Waals surface area contributed by atoms with E-state index in [0.717, 1.165) is 10.6 Å². The Balaban J connectivity index is 2.38. The van der Waals surface area contributed by atoms with Gasteiger partial charge in [0.15, 0.2) is 0 Å². The molecule has 0 radical (unpaired) electrons. The molecule has 2 rings (SSSR count). The highest BCUT2D eigenvalue weighted by atomic mass is 32.2. The predicted octanol–water partition coefficient (Wildman–Crippen LogP) is 2.90. The number of ether oxygens (including phenoxy) is 3. The second-order valence-electron chi connectivity index (χ2n) is 6.24. The normalized spacial score (nSPS) is 12.0. The van der Waals surface area contributed by atoms with Crippen LogP contribution in [0.25, 0.3) is 0 Å². The third-order valence-electron chi connectivity index (χ3n) is 4.32. The van der Waals surface area contributed by atoms with Gasteiger partial charge in [-0.25, -0.2) is 8.42 Å². The molecule has 0 aliphatic heterocycles. The van der Waals surface area contributed by atoms with Gasteiger partial charge in [-0.15, -0.1) is 0 Å². The minimum atomic E-state index is -3.73. The van der Waals surface area contributed by atoms with Crippen molar-refractivity contribution >= 4 is 27.3 Å². The van der Waals surface area contributed by atoms with Crippen LogP contribution in [-0.2, 0) is 14.8 Å². The number of sulfonamides is 1. The van der Waals surface area contributed by atoms with Gasteiger partial charge >= 0.3 is 0 Å². The highest BCUT2D eigenvalue weighted by Gasteiger charge is 2.32. The van der Waals surface area contributed by atoms with E-state index in [0.29, 0.717) is 28.6 Å². The summed E-state index contributed by atoms with van der Waals surface area (Å²) in [6.07, 6.45) is 1.34. The van der Waals surface area contributed by atoms with Crippen molar-refractivity contribution in [2.75, 3.05) is 37.2 Å². The molecule has 1 amide bonds. The van der Waals surface area contributed by atoms with Crippen LogP contribution in [-0.4, -0.2) is 48.0 Å². The molecule has 2 aromatic rings. The van der Waals surface area contributed by atoms with Crippen molar-refractivity contribution in [3.05, 3.63) is 42.5 Å². The topological polar surface area (TPSA) is 94.2 Å². The fourth-order valence-electron chi connectivity index (χ4n) is 2.91. The van der Waals surface area contributed by atoms with E-state index in [4.69, 9.17) is 14.2 Å². The Bertz CT molecular complexity index is 944. The van der Waals surface area contributed by atoms with Gasteiger partial charge in [0.25, 0.3) is 0 Å². The van der Waals surface area contributed by atoms with Crippen molar-refractivity contribution < 1.29 is 27.4 Å². The predicted molar refractivity (Wildman–Crippen MR) is 113 cm³/mol. The van der Waals surface area contributed by atoms with Crippen molar-refractivity contribution in [3.63, 3.8) is 0 Å². The van der Waals surface area contributed by atoms with Crippen LogP contribution in [0.2, 0.25) is 0 Å². The number of amides is 1. The highest BCUT2D eigenvalue weighted by Crippen LogP contribution is 2.30. The van der Waals surface area contributed by atoms with Crippen LogP contribution in [0.3, 0.4) is 0 Å². The first-order valence-corrected chi connectivity index (χ1v) is 10.8. The quantitative estimate of drug-likeness (QED) is 0.668. The summed E-state index contributed by atoms with van der Waals surface area (Å²) in [4.78, 5) is 13.0. The average molecular weight is 423 g/mol. The maximum absolute atomic E-state index is 13.0. The zero-order chi connectivity index (χ0) is 21.6. The van der Waals surface area contributed by atoms with Crippen LogP contribution in [0.1, 0.15) is 13.3 Å². The number of methoxy groups -OCH3 is 3. The number of nitrogens with one attached hydrogen (secondary N) is 1. The molecule has 1 atom stereocenters. The lowest BCUT2D eigenvalue weighted by Crippen LogP contribution is -2.47. The van der Waals surface area contributed by atoms with Crippen LogP contribution in [0.15, 0.2) is 42.5 Å². The fraction of sp³-hybridized carbons (Fsp3) is 0.350. The number of carbonyl (C=O) groups is 1. The van der Waals surface area contributed by atoms with Crippen molar-refractivity contribution in [2.45, 2.75) is 19.4 Å². The lowest BCUT2D eigenvalue weighted by Gasteiger charge is -2.30. The van der Waals surface area contributed by atoms with E-state index < -0.39 is 22.0 Å². The number of anilines is 2. The first kappa shape index (κ1) is 22.4. The van der Waals surface area contributed by atoms with Gasteiger partial charge in [-0.3, -0.25) is 9.10 Å². The molecule has 1 N–H and O–H groups in total. The molecule has 0 heterocycles. The summed E-state index contributed by atoms with van der Waals surface area (Å²) in [5.41, 5.74) is 0.789. The molecule has 0 unspecified atom stereocenters. The molecule has 2 aromatic carbocycles. The standard InChI is InChI=1S/C20H26N2O6S/c1-6-18(20(23)21-17-12-11-16(27-3)13-19(17)28-4)22(29(5,24)25)14-7-9-15(26-2)10-8-14/h7-13,18H,6H2,1-5H3,(H,21,23)/t18-/m0/s1. The van der Waals surface area contributed by atoms with E-state index in [1.54, 1.807) is 49.4 Å². The second kappa shape index (κ2) is 9.51. The Labute approximate surface area is 171 Å². The molecule has 0 fully saturated rings. The molecule has 0 saturated heterocycles. The van der Waals surface area contributed by atoms with Gasteiger partial charge in [0, 0.05) is 6.07 Å². The summed E-state index contributed by atoms with van der Waals surface area (Å²) in [5, 5.41) is 2.76. The third kappa shape index (κ3) is 5.32. The zero-order valence-electron chi connectivity index (χ0n) is 17.1.